The number of benzene rings is 2. The average Bonchev–Trinajstić information content (AvgIpc) is 4.31. The number of β-amino-alcohol motifs (C(OH)–C–C–N with tert-alkyl or cyclic N) is 1. The molecule has 3 N–H and O–H groups in total. The predicted molar refractivity (Wildman–Crippen MR) is 290 cm³/mol. The minimum atomic E-state index is -0.877. The predicted octanol–water partition coefficient (Wildman–Crippen LogP) is 8.17. The van der Waals surface area contributed by atoms with Gasteiger partial charge in [-0.1, -0.05) is 76.2 Å². The number of aliphatic hydroxyl groups is 1. The third-order valence-electron chi connectivity index (χ3n) is 14.4. The molecule has 0 radical (unpaired) electrons. The lowest BCUT2D eigenvalue weighted by Crippen LogP contribution is -2.49. The quantitative estimate of drug-likeness (QED) is 0.0743. The first kappa shape index (κ1) is 53.5. The maximum absolute atomic E-state index is 14.7. The van der Waals surface area contributed by atoms with Crippen molar-refractivity contribution < 1.29 is 33.8 Å². The summed E-state index contributed by atoms with van der Waals surface area (Å²) < 4.78 is 15.1. The molecule has 0 unspecified atom stereocenters. The molecule has 4 amide bonds. The number of aromatic nitrogens is 7. The zero-order valence-corrected chi connectivity index (χ0v) is 45.8. The van der Waals surface area contributed by atoms with Crippen LogP contribution < -0.4 is 20.1 Å². The number of rotatable bonds is 18. The smallest absolute Gasteiger partial charge is 0.248 e. The van der Waals surface area contributed by atoms with E-state index in [1.165, 1.54) is 4.90 Å². The van der Waals surface area contributed by atoms with Crippen LogP contribution in [0.5, 0.6) is 11.6 Å². The number of aryl methyl sites for hydroxylation is 2. The van der Waals surface area contributed by atoms with Gasteiger partial charge in [-0.05, 0) is 73.4 Å². The molecule has 76 heavy (non-hydrogen) atoms. The zero-order valence-electron chi connectivity index (χ0n) is 44.2. The van der Waals surface area contributed by atoms with Gasteiger partial charge in [0, 0.05) is 43.4 Å². The number of amides is 4. The molecule has 7 aromatic rings. The van der Waals surface area contributed by atoms with E-state index < -0.39 is 36.4 Å². The van der Waals surface area contributed by atoms with E-state index in [2.05, 4.69) is 35.8 Å². The molecule has 2 fully saturated rings. The van der Waals surface area contributed by atoms with Crippen LogP contribution in [0, 0.1) is 25.7 Å². The van der Waals surface area contributed by atoms with Crippen LogP contribution in [0.25, 0.3) is 32.0 Å². The lowest BCUT2D eigenvalue weighted by atomic mass is 10.0. The van der Waals surface area contributed by atoms with Crippen molar-refractivity contribution in [3.8, 4) is 43.6 Å². The molecular weight excluding hydrogens is 1000 g/mol. The number of carbonyl (C=O) groups excluding carboxylic acids is 4. The van der Waals surface area contributed by atoms with Gasteiger partial charge in [0.25, 0.3) is 0 Å². The molecule has 2 aliphatic rings. The number of nitrogens with zero attached hydrogens (tertiary/aromatic N) is 9. The number of nitrogens with one attached hydrogen (secondary N) is 2. The Balaban J connectivity index is 0.893. The minimum absolute atomic E-state index is 0.0144. The number of carbonyl (C=O) groups is 4. The standard InChI is InChI=1S/C56H65N11O7S2/c1-31(2)49(55(71)64-26-43(68)21-46(64)53(69)62-33(5)37-10-14-39(15-11-37)51-35(7)58-29-75-51)66-25-42(23-60-66)41-18-19-57-48(20-41)74-44-22-47(65(27-44)56(72)50(32(3)4)67-28-45(73-9)24-61-67)54(70)63-34(6)38-12-16-40(17-13-38)52-36(8)59-30-76-52/h10-20,23-25,28-34,43-44,46-47,49-50,68H,21-22,26-27H2,1-9H3,(H,62,69)(H,63,70)/t33-,34-,43+,44+,46-,47-,49-,50-/m0/s1. The summed E-state index contributed by atoms with van der Waals surface area (Å²) >= 11 is 3.16. The highest BCUT2D eigenvalue weighted by Crippen LogP contribution is 2.35. The van der Waals surface area contributed by atoms with E-state index in [-0.39, 0.29) is 79.4 Å². The summed E-state index contributed by atoms with van der Waals surface area (Å²) in [6.45, 7) is 15.6. The number of aliphatic hydroxyl groups excluding tert-OH is 1. The van der Waals surface area contributed by atoms with Gasteiger partial charge in [0.05, 0.1) is 82.6 Å². The minimum Gasteiger partial charge on any atom is -0.493 e. The van der Waals surface area contributed by atoms with Crippen molar-refractivity contribution >= 4 is 46.3 Å². The van der Waals surface area contributed by atoms with Crippen LogP contribution in [0.2, 0.25) is 0 Å². The molecule has 5 aromatic heterocycles. The molecule has 7 heterocycles. The van der Waals surface area contributed by atoms with Crippen LogP contribution in [-0.4, -0.2) is 118 Å². The van der Waals surface area contributed by atoms with Gasteiger partial charge in [-0.25, -0.2) is 15.0 Å². The molecule has 8 atom stereocenters. The van der Waals surface area contributed by atoms with Crippen molar-refractivity contribution in [3.63, 3.8) is 0 Å². The van der Waals surface area contributed by atoms with Gasteiger partial charge in [0.15, 0.2) is 5.75 Å². The van der Waals surface area contributed by atoms with Crippen molar-refractivity contribution in [2.24, 2.45) is 11.8 Å². The first-order valence-corrected chi connectivity index (χ1v) is 27.4. The first-order valence-electron chi connectivity index (χ1n) is 25.6. The molecule has 0 spiro atoms. The van der Waals surface area contributed by atoms with Gasteiger partial charge in [0.1, 0.15) is 30.3 Å². The Morgan fingerprint density at radius 2 is 1.16 bits per heavy atom. The highest BCUT2D eigenvalue weighted by molar-refractivity contribution is 7.13. The number of pyridine rings is 1. The van der Waals surface area contributed by atoms with E-state index in [9.17, 15) is 24.3 Å². The lowest BCUT2D eigenvalue weighted by molar-refractivity contribution is -0.142. The molecule has 2 aliphatic heterocycles. The molecule has 0 bridgehead atoms. The van der Waals surface area contributed by atoms with Gasteiger partial charge in [0.2, 0.25) is 29.5 Å². The Morgan fingerprint density at radius 3 is 1.66 bits per heavy atom. The fourth-order valence-corrected chi connectivity index (χ4v) is 11.9. The number of methoxy groups -OCH3 is 1. The Kier molecular flexibility index (Phi) is 16.1. The van der Waals surface area contributed by atoms with Crippen LogP contribution >= 0.6 is 22.7 Å². The molecule has 9 rings (SSSR count). The SMILES string of the molecule is COc1cnn([C@H](C(=O)N2C[C@H](Oc3cc(-c4cnn([C@H](C(=O)N5C[C@H](O)C[C@H]5C(=O)N[C@@H](C)c5ccc(-c6scnc6C)cc5)C(C)C)c4)ccn3)C[C@H]2C(=O)N[C@@H](C)c2ccc(-c3scnc3C)cc2)C(C)C)c1. The number of thiazole rings is 2. The summed E-state index contributed by atoms with van der Waals surface area (Å²) in [6.07, 6.45) is 7.14. The van der Waals surface area contributed by atoms with Crippen LogP contribution in [0.4, 0.5) is 0 Å². The number of hydrogen-bond acceptors (Lipinski definition) is 14. The van der Waals surface area contributed by atoms with Gasteiger partial charge in [-0.2, -0.15) is 10.2 Å². The van der Waals surface area contributed by atoms with Crippen molar-refractivity contribution in [1.29, 1.82) is 0 Å². The summed E-state index contributed by atoms with van der Waals surface area (Å²) in [5, 5.41) is 26.3. The monoisotopic (exact) mass is 1070 g/mol. The third kappa shape index (κ3) is 11.4. The van der Waals surface area contributed by atoms with Crippen molar-refractivity contribution in [2.75, 3.05) is 20.2 Å². The number of likely N-dealkylation sites (tertiary alicyclic amines) is 2. The van der Waals surface area contributed by atoms with E-state index in [0.29, 0.717) is 16.9 Å². The lowest BCUT2D eigenvalue weighted by Gasteiger charge is -2.30. The Bertz CT molecular complexity index is 3170. The summed E-state index contributed by atoms with van der Waals surface area (Å²) in [5.74, 6) is -0.881. The summed E-state index contributed by atoms with van der Waals surface area (Å²) in [4.78, 5) is 76.2. The van der Waals surface area contributed by atoms with E-state index in [1.54, 1.807) is 81.1 Å². The molecule has 20 heteroatoms. The zero-order chi connectivity index (χ0) is 53.9. The summed E-state index contributed by atoms with van der Waals surface area (Å²) in [7, 11) is 1.54. The second-order valence-corrected chi connectivity index (χ2v) is 22.2. The van der Waals surface area contributed by atoms with E-state index in [0.717, 1.165) is 43.4 Å². The third-order valence-corrected chi connectivity index (χ3v) is 16.3. The second kappa shape index (κ2) is 22.9. The topological polar surface area (TPSA) is 212 Å². The van der Waals surface area contributed by atoms with Gasteiger partial charge in [-0.15, -0.1) is 22.7 Å². The molecular formula is C56H65N11O7S2. The van der Waals surface area contributed by atoms with Gasteiger partial charge >= 0.3 is 0 Å². The average molecular weight is 1070 g/mol. The molecule has 2 saturated heterocycles. The Labute approximate surface area is 450 Å². The molecule has 0 aliphatic carbocycles. The number of hydrogen-bond donors (Lipinski definition) is 3. The molecule has 18 nitrogen and oxygen atoms in total. The van der Waals surface area contributed by atoms with Gasteiger partial charge in [-0.3, -0.25) is 28.5 Å². The highest BCUT2D eigenvalue weighted by Gasteiger charge is 2.45. The fraction of sp³-hybridized carbons (Fsp3) is 0.411. The fourth-order valence-electron chi connectivity index (χ4n) is 10.3. The molecule has 398 valence electrons. The van der Waals surface area contributed by atoms with Crippen LogP contribution in [-0.2, 0) is 19.2 Å². The van der Waals surface area contributed by atoms with E-state index in [4.69, 9.17) is 9.47 Å². The van der Waals surface area contributed by atoms with E-state index >= 15 is 0 Å². The largest absolute Gasteiger partial charge is 0.493 e. The molecule has 0 saturated carbocycles. The number of ether oxygens (including phenoxy) is 2. The maximum atomic E-state index is 14.7. The second-order valence-electron chi connectivity index (χ2n) is 20.4. The first-order chi connectivity index (χ1) is 36.5. The van der Waals surface area contributed by atoms with Crippen LogP contribution in [0.15, 0.2) is 103 Å². The Morgan fingerprint density at radius 1 is 0.645 bits per heavy atom. The van der Waals surface area contributed by atoms with Crippen LogP contribution in [0.3, 0.4) is 0 Å². The maximum Gasteiger partial charge on any atom is 0.248 e. The molecule has 2 aromatic carbocycles. The van der Waals surface area contributed by atoms with E-state index in [1.807, 2.05) is 121 Å². The Hall–Kier alpha value is -7.29. The van der Waals surface area contributed by atoms with Crippen molar-refractivity contribution in [3.05, 3.63) is 125 Å². The van der Waals surface area contributed by atoms with Crippen molar-refractivity contribution in [2.45, 2.75) is 117 Å². The summed E-state index contributed by atoms with van der Waals surface area (Å²) in [5.41, 5.74) is 10.9. The normalized spacial score (nSPS) is 19.2. The van der Waals surface area contributed by atoms with Crippen molar-refractivity contribution in [1.82, 2.24) is 54.9 Å². The van der Waals surface area contributed by atoms with Crippen LogP contribution in [0.1, 0.15) is 101 Å². The summed E-state index contributed by atoms with van der Waals surface area (Å²) in [6, 6.07) is 15.6. The highest BCUT2D eigenvalue weighted by atomic mass is 32.1. The van der Waals surface area contributed by atoms with Gasteiger partial charge < -0.3 is 35.0 Å².